The molecule has 0 heterocycles. The largest absolute Gasteiger partial charge is 0.472 e. The van der Waals surface area contributed by atoms with Crippen molar-refractivity contribution in [2.45, 2.75) is 270 Å². The van der Waals surface area contributed by atoms with E-state index in [1.165, 1.54) is 186 Å². The molecule has 3 N–H and O–H groups in total. The molecule has 0 aromatic rings. The summed E-state index contributed by atoms with van der Waals surface area (Å²) >= 11 is 0. The van der Waals surface area contributed by atoms with Crippen LogP contribution in [0, 0.1) is 0 Å². The number of hydrogen-bond acceptors (Lipinski definition) is 5. The number of unbranched alkanes of at least 4 members (excludes halogenated alkanes) is 32. The number of phosphoric ester groups is 1. The average molecular weight is 950 g/mol. The minimum Gasteiger partial charge on any atom is -0.387 e. The Morgan fingerprint density at radius 1 is 0.515 bits per heavy atom. The molecule has 0 aromatic heterocycles. The molecule has 0 saturated carbocycles. The number of rotatable bonds is 51. The lowest BCUT2D eigenvalue weighted by Gasteiger charge is -2.25. The molecule has 8 nitrogen and oxygen atoms in total. The van der Waals surface area contributed by atoms with Gasteiger partial charge in [0.2, 0.25) is 5.91 Å². The molecular formula is C57H110N2O6P+. The molecule has 66 heavy (non-hydrogen) atoms. The fourth-order valence-electron chi connectivity index (χ4n) is 8.09. The number of carbonyl (C=O) groups is 1. The number of carbonyl (C=O) groups excluding carboxylic acids is 1. The van der Waals surface area contributed by atoms with E-state index >= 15 is 0 Å². The zero-order valence-electron chi connectivity index (χ0n) is 44.2. The van der Waals surface area contributed by atoms with Crippen molar-refractivity contribution in [3.05, 3.63) is 48.6 Å². The van der Waals surface area contributed by atoms with Crippen LogP contribution in [-0.2, 0) is 18.4 Å². The molecule has 0 bridgehead atoms. The highest BCUT2D eigenvalue weighted by molar-refractivity contribution is 7.47. The molecule has 0 fully saturated rings. The van der Waals surface area contributed by atoms with Crippen LogP contribution in [0.25, 0.3) is 0 Å². The summed E-state index contributed by atoms with van der Waals surface area (Å²) in [5, 5.41) is 13.9. The number of nitrogens with zero attached hydrogens (tertiary/aromatic N) is 1. The van der Waals surface area contributed by atoms with Gasteiger partial charge in [-0.15, -0.1) is 0 Å². The van der Waals surface area contributed by atoms with Gasteiger partial charge in [0.25, 0.3) is 0 Å². The quantitative estimate of drug-likeness (QED) is 0.0243. The lowest BCUT2D eigenvalue weighted by molar-refractivity contribution is -0.870. The predicted octanol–water partition coefficient (Wildman–Crippen LogP) is 16.8. The third-order valence-electron chi connectivity index (χ3n) is 12.5. The maximum atomic E-state index is 12.9. The standard InChI is InChI=1S/C57H109N2O6P/c1-6-8-10-12-14-16-18-20-22-24-25-26-27-28-29-30-31-32-33-35-36-38-40-42-44-46-48-50-56(60)55(54-65-66(62,63)64-53-52-59(3,4)5)58-57(61)51-49-47-45-43-41-39-37-34-23-21-19-17-15-13-11-9-7-2/h15,17,21,23,40,42,48,50,55-56,60H,6-14,16,18-20,22,24-39,41,43-47,49,51-54H2,1-5H3,(H-,58,61,62,63)/p+1/b17-15-,23-21-,42-40+,50-48+. The van der Waals surface area contributed by atoms with Gasteiger partial charge in [0.05, 0.1) is 39.9 Å². The van der Waals surface area contributed by atoms with Crippen molar-refractivity contribution < 1.29 is 32.9 Å². The Morgan fingerprint density at radius 3 is 1.33 bits per heavy atom. The van der Waals surface area contributed by atoms with E-state index in [0.717, 1.165) is 51.4 Å². The highest BCUT2D eigenvalue weighted by Gasteiger charge is 2.27. The third kappa shape index (κ3) is 50.3. The van der Waals surface area contributed by atoms with E-state index in [-0.39, 0.29) is 19.1 Å². The molecule has 3 atom stereocenters. The van der Waals surface area contributed by atoms with E-state index in [4.69, 9.17) is 9.05 Å². The van der Waals surface area contributed by atoms with Crippen molar-refractivity contribution in [3.63, 3.8) is 0 Å². The molecule has 0 aliphatic rings. The van der Waals surface area contributed by atoms with Gasteiger partial charge >= 0.3 is 7.82 Å². The van der Waals surface area contributed by atoms with Crippen molar-refractivity contribution in [2.75, 3.05) is 40.9 Å². The zero-order valence-corrected chi connectivity index (χ0v) is 45.1. The van der Waals surface area contributed by atoms with Crippen LogP contribution in [0.3, 0.4) is 0 Å². The Kier molecular flexibility index (Phi) is 47.4. The zero-order chi connectivity index (χ0) is 48.5. The van der Waals surface area contributed by atoms with Crippen molar-refractivity contribution in [2.24, 2.45) is 0 Å². The molecule has 0 saturated heterocycles. The molecule has 0 rings (SSSR count). The minimum atomic E-state index is -4.36. The maximum absolute atomic E-state index is 12.9. The predicted molar refractivity (Wildman–Crippen MR) is 286 cm³/mol. The molecule has 0 spiro atoms. The number of hydrogen-bond donors (Lipinski definition) is 3. The van der Waals surface area contributed by atoms with Crippen LogP contribution in [0.2, 0.25) is 0 Å². The molecule has 0 radical (unpaired) electrons. The highest BCUT2D eigenvalue weighted by Crippen LogP contribution is 2.43. The van der Waals surface area contributed by atoms with Crippen molar-refractivity contribution in [1.82, 2.24) is 5.32 Å². The number of aliphatic hydroxyl groups excluding tert-OH is 1. The van der Waals surface area contributed by atoms with E-state index in [2.05, 4.69) is 55.6 Å². The first-order chi connectivity index (χ1) is 32.0. The van der Waals surface area contributed by atoms with Crippen LogP contribution >= 0.6 is 7.82 Å². The lowest BCUT2D eigenvalue weighted by Crippen LogP contribution is -2.45. The number of allylic oxidation sites excluding steroid dienone is 7. The Balaban J connectivity index is 4.25. The first kappa shape index (κ1) is 64.5. The number of aliphatic hydroxyl groups is 1. The van der Waals surface area contributed by atoms with Crippen LogP contribution in [0.1, 0.15) is 258 Å². The first-order valence-electron chi connectivity index (χ1n) is 28.0. The SMILES string of the molecule is CCCCC/C=C\C/C=C\CCCCCCCCCC(=O)NC(COP(=O)(O)OCC[N+](C)(C)C)C(O)/C=C/CC/C=C/CCCCCCCCCCCCCCCCCCCCCCC. The molecule has 0 aliphatic carbocycles. The van der Waals surface area contributed by atoms with Gasteiger partial charge in [-0.25, -0.2) is 4.57 Å². The van der Waals surface area contributed by atoms with Crippen LogP contribution in [0.5, 0.6) is 0 Å². The summed E-state index contributed by atoms with van der Waals surface area (Å²) in [6, 6.07) is -0.869. The fraction of sp³-hybridized carbons (Fsp3) is 0.842. The number of nitrogens with one attached hydrogen (secondary N) is 1. The number of quaternary nitrogens is 1. The van der Waals surface area contributed by atoms with E-state index in [9.17, 15) is 19.4 Å². The molecule has 0 aromatic carbocycles. The van der Waals surface area contributed by atoms with Gasteiger partial charge in [0, 0.05) is 6.42 Å². The summed E-state index contributed by atoms with van der Waals surface area (Å²) < 4.78 is 23.7. The minimum absolute atomic E-state index is 0.0536. The lowest BCUT2D eigenvalue weighted by atomic mass is 10.0. The second-order valence-electron chi connectivity index (χ2n) is 20.3. The number of likely N-dealkylation sites (N-methyl/N-ethyl adjacent to an activating group) is 1. The molecule has 1 amide bonds. The number of amides is 1. The molecule has 388 valence electrons. The van der Waals surface area contributed by atoms with Gasteiger partial charge in [0.1, 0.15) is 13.2 Å². The summed E-state index contributed by atoms with van der Waals surface area (Å²) in [6.07, 6.45) is 63.6. The monoisotopic (exact) mass is 950 g/mol. The topological polar surface area (TPSA) is 105 Å². The highest BCUT2D eigenvalue weighted by atomic mass is 31.2. The summed E-state index contributed by atoms with van der Waals surface area (Å²) in [6.45, 7) is 4.78. The van der Waals surface area contributed by atoms with E-state index < -0.39 is 20.0 Å². The van der Waals surface area contributed by atoms with E-state index in [1.54, 1.807) is 6.08 Å². The Labute approximate surface area is 409 Å². The Morgan fingerprint density at radius 2 is 0.879 bits per heavy atom. The van der Waals surface area contributed by atoms with Crippen molar-refractivity contribution in [3.8, 4) is 0 Å². The summed E-state index contributed by atoms with van der Waals surface area (Å²) in [7, 11) is 1.55. The first-order valence-corrected chi connectivity index (χ1v) is 29.5. The van der Waals surface area contributed by atoms with Crippen LogP contribution in [0.4, 0.5) is 0 Å². The molecule has 0 aliphatic heterocycles. The van der Waals surface area contributed by atoms with Crippen LogP contribution in [0.15, 0.2) is 48.6 Å². The van der Waals surface area contributed by atoms with Crippen molar-refractivity contribution in [1.29, 1.82) is 0 Å². The van der Waals surface area contributed by atoms with Gasteiger partial charge < -0.3 is 19.8 Å². The number of phosphoric acid groups is 1. The van der Waals surface area contributed by atoms with Gasteiger partial charge in [-0.1, -0.05) is 236 Å². The van der Waals surface area contributed by atoms with Crippen LogP contribution in [-0.4, -0.2) is 73.4 Å². The van der Waals surface area contributed by atoms with Gasteiger partial charge in [-0.2, -0.15) is 0 Å². The van der Waals surface area contributed by atoms with Crippen LogP contribution < -0.4 is 5.32 Å². The Hall–Kier alpha value is -1.54. The summed E-state index contributed by atoms with van der Waals surface area (Å²) in [5.74, 6) is -0.194. The maximum Gasteiger partial charge on any atom is 0.472 e. The van der Waals surface area contributed by atoms with Gasteiger partial charge in [-0.3, -0.25) is 13.8 Å². The third-order valence-corrected chi connectivity index (χ3v) is 13.5. The smallest absolute Gasteiger partial charge is 0.387 e. The summed E-state index contributed by atoms with van der Waals surface area (Å²) in [5.41, 5.74) is 0. The molecule has 3 unspecified atom stereocenters. The van der Waals surface area contributed by atoms with Crippen molar-refractivity contribution >= 4 is 13.7 Å². The molecule has 9 heteroatoms. The average Bonchev–Trinajstić information content (AvgIpc) is 3.28. The normalized spacial score (nSPS) is 14.3. The summed E-state index contributed by atoms with van der Waals surface area (Å²) in [4.78, 5) is 23.2. The second-order valence-corrected chi connectivity index (χ2v) is 21.8. The molecular weight excluding hydrogens is 840 g/mol. The second kappa shape index (κ2) is 48.5. The Bertz CT molecular complexity index is 1210. The fourth-order valence-corrected chi connectivity index (χ4v) is 8.82. The van der Waals surface area contributed by atoms with E-state index in [0.29, 0.717) is 17.4 Å². The van der Waals surface area contributed by atoms with E-state index in [1.807, 2.05) is 27.2 Å². The van der Waals surface area contributed by atoms with Gasteiger partial charge in [-0.05, 0) is 64.2 Å². The van der Waals surface area contributed by atoms with Gasteiger partial charge in [0.15, 0.2) is 0 Å².